The third-order valence-electron chi connectivity index (χ3n) is 6.22. The Morgan fingerprint density at radius 3 is 1.73 bits per heavy atom. The highest BCUT2D eigenvalue weighted by Gasteiger charge is 2.11. The minimum atomic E-state index is -0.722. The van der Waals surface area contributed by atoms with Crippen LogP contribution in [0.1, 0.15) is 155 Å². The van der Waals surface area contributed by atoms with Crippen molar-refractivity contribution in [3.63, 3.8) is 0 Å². The van der Waals surface area contributed by atoms with E-state index in [-0.39, 0.29) is 18.5 Å². The first kappa shape index (κ1) is 31.7. The van der Waals surface area contributed by atoms with Crippen molar-refractivity contribution in [2.75, 3.05) is 0 Å². The van der Waals surface area contributed by atoms with Gasteiger partial charge in [0.1, 0.15) is 6.10 Å². The summed E-state index contributed by atoms with van der Waals surface area (Å²) >= 11 is 0. The van der Waals surface area contributed by atoms with Gasteiger partial charge in [-0.1, -0.05) is 110 Å². The maximum Gasteiger partial charge on any atom is 0.306 e. The van der Waals surface area contributed by atoms with Crippen LogP contribution in [-0.4, -0.2) is 23.1 Å². The molecule has 4 nitrogen and oxygen atoms in total. The van der Waals surface area contributed by atoms with Crippen molar-refractivity contribution in [3.05, 3.63) is 12.2 Å². The maximum atomic E-state index is 12.4. The Morgan fingerprint density at radius 1 is 0.667 bits per heavy atom. The highest BCUT2D eigenvalue weighted by Crippen LogP contribution is 2.15. The summed E-state index contributed by atoms with van der Waals surface area (Å²) in [5.41, 5.74) is 0. The van der Waals surface area contributed by atoms with E-state index in [4.69, 9.17) is 9.84 Å². The number of unbranched alkanes of at least 4 members (excludes halogenated alkanes) is 16. The highest BCUT2D eigenvalue weighted by atomic mass is 16.5. The average Bonchev–Trinajstić information content (AvgIpc) is 2.79. The second-order valence-electron chi connectivity index (χ2n) is 9.58. The second-order valence-corrected chi connectivity index (χ2v) is 9.58. The lowest BCUT2D eigenvalue weighted by molar-refractivity contribution is -0.147. The lowest BCUT2D eigenvalue weighted by Gasteiger charge is -2.15. The van der Waals surface area contributed by atoms with Crippen LogP contribution in [0.3, 0.4) is 0 Å². The molecule has 0 fully saturated rings. The van der Waals surface area contributed by atoms with Gasteiger partial charge in [-0.15, -0.1) is 0 Å². The molecule has 4 heteroatoms. The number of aliphatic carboxylic acids is 1. The summed E-state index contributed by atoms with van der Waals surface area (Å²) in [6.45, 7) is 4.48. The first-order chi connectivity index (χ1) is 16.1. The third kappa shape index (κ3) is 25.1. The normalized spacial score (nSPS) is 12.3. The number of allylic oxidation sites excluding steroid dienone is 1. The SMILES string of the molecule is CCCCCCCC/C=C\C(CCCCCCC(=O)O)OC(=O)CCCCCCCCCC. The minimum absolute atomic E-state index is 0.0684. The second kappa shape index (κ2) is 25.3. The summed E-state index contributed by atoms with van der Waals surface area (Å²) in [5.74, 6) is -0.790. The Kier molecular flexibility index (Phi) is 24.3. The van der Waals surface area contributed by atoms with Gasteiger partial charge in [-0.25, -0.2) is 0 Å². The molecule has 0 heterocycles. The Hall–Kier alpha value is -1.32. The van der Waals surface area contributed by atoms with Gasteiger partial charge < -0.3 is 9.84 Å². The van der Waals surface area contributed by atoms with E-state index in [9.17, 15) is 9.59 Å². The molecule has 1 atom stereocenters. The van der Waals surface area contributed by atoms with Crippen LogP contribution >= 0.6 is 0 Å². The zero-order chi connectivity index (χ0) is 24.4. The van der Waals surface area contributed by atoms with Crippen LogP contribution in [0.25, 0.3) is 0 Å². The van der Waals surface area contributed by atoms with Crippen molar-refractivity contribution in [2.24, 2.45) is 0 Å². The number of carbonyl (C=O) groups is 2. The molecule has 0 aromatic carbocycles. The van der Waals surface area contributed by atoms with Gasteiger partial charge in [-0.3, -0.25) is 9.59 Å². The summed E-state index contributed by atoms with van der Waals surface area (Å²) in [6.07, 6.45) is 28.0. The smallest absolute Gasteiger partial charge is 0.306 e. The molecule has 0 aliphatic heterocycles. The Labute approximate surface area is 204 Å². The Morgan fingerprint density at radius 2 is 1.15 bits per heavy atom. The zero-order valence-electron chi connectivity index (χ0n) is 22.0. The number of rotatable bonds is 25. The van der Waals surface area contributed by atoms with Crippen molar-refractivity contribution in [2.45, 2.75) is 161 Å². The van der Waals surface area contributed by atoms with E-state index in [0.29, 0.717) is 6.42 Å². The van der Waals surface area contributed by atoms with Gasteiger partial charge in [0.25, 0.3) is 0 Å². The largest absolute Gasteiger partial charge is 0.481 e. The zero-order valence-corrected chi connectivity index (χ0v) is 22.0. The molecule has 33 heavy (non-hydrogen) atoms. The molecule has 0 radical (unpaired) electrons. The van der Waals surface area contributed by atoms with Crippen molar-refractivity contribution < 1.29 is 19.4 Å². The molecule has 0 saturated heterocycles. The summed E-state index contributed by atoms with van der Waals surface area (Å²) in [5, 5.41) is 8.74. The molecule has 0 aromatic heterocycles. The van der Waals surface area contributed by atoms with Crippen molar-refractivity contribution in [1.29, 1.82) is 0 Å². The summed E-state index contributed by atoms with van der Waals surface area (Å²) in [6, 6.07) is 0. The lowest BCUT2D eigenvalue weighted by atomic mass is 10.1. The monoisotopic (exact) mass is 466 g/mol. The predicted octanol–water partition coefficient (Wildman–Crippen LogP) is 9.16. The van der Waals surface area contributed by atoms with E-state index < -0.39 is 5.97 Å². The molecule has 0 spiro atoms. The molecule has 0 rings (SSSR count). The quantitative estimate of drug-likeness (QED) is 0.0827. The topological polar surface area (TPSA) is 63.6 Å². The Bertz CT molecular complexity index is 472. The predicted molar refractivity (Wildman–Crippen MR) is 140 cm³/mol. The average molecular weight is 467 g/mol. The van der Waals surface area contributed by atoms with Gasteiger partial charge in [0.05, 0.1) is 0 Å². The molecule has 0 aliphatic rings. The molecule has 1 N–H and O–H groups in total. The molecular formula is C29H54O4. The van der Waals surface area contributed by atoms with Crippen LogP contribution in [0.5, 0.6) is 0 Å². The van der Waals surface area contributed by atoms with E-state index in [2.05, 4.69) is 26.0 Å². The molecular weight excluding hydrogens is 412 g/mol. The lowest BCUT2D eigenvalue weighted by Crippen LogP contribution is -2.16. The number of carboxylic acids is 1. The van der Waals surface area contributed by atoms with Crippen LogP contribution < -0.4 is 0 Å². The number of hydrogen-bond donors (Lipinski definition) is 1. The molecule has 194 valence electrons. The summed E-state index contributed by atoms with van der Waals surface area (Å²) in [7, 11) is 0. The van der Waals surface area contributed by atoms with E-state index >= 15 is 0 Å². The number of esters is 1. The highest BCUT2D eigenvalue weighted by molar-refractivity contribution is 5.69. The van der Waals surface area contributed by atoms with E-state index in [1.807, 2.05) is 0 Å². The van der Waals surface area contributed by atoms with Crippen LogP contribution in [0.2, 0.25) is 0 Å². The van der Waals surface area contributed by atoms with E-state index in [1.54, 1.807) is 0 Å². The first-order valence-electron chi connectivity index (χ1n) is 14.2. The molecule has 0 bridgehead atoms. The molecule has 0 aliphatic carbocycles. The van der Waals surface area contributed by atoms with E-state index in [1.165, 1.54) is 77.0 Å². The van der Waals surface area contributed by atoms with Crippen molar-refractivity contribution in [3.8, 4) is 0 Å². The maximum absolute atomic E-state index is 12.4. The van der Waals surface area contributed by atoms with Crippen LogP contribution in [-0.2, 0) is 14.3 Å². The number of hydrogen-bond acceptors (Lipinski definition) is 3. The number of ether oxygens (including phenoxy) is 1. The fourth-order valence-electron chi connectivity index (χ4n) is 4.09. The van der Waals surface area contributed by atoms with Crippen molar-refractivity contribution >= 4 is 11.9 Å². The molecule has 0 aromatic rings. The van der Waals surface area contributed by atoms with Crippen molar-refractivity contribution in [1.82, 2.24) is 0 Å². The molecule has 0 amide bonds. The van der Waals surface area contributed by atoms with Crippen LogP contribution in [0.15, 0.2) is 12.2 Å². The molecule has 0 saturated carbocycles. The van der Waals surface area contributed by atoms with Crippen LogP contribution in [0, 0.1) is 0 Å². The summed E-state index contributed by atoms with van der Waals surface area (Å²) < 4.78 is 5.79. The van der Waals surface area contributed by atoms with Gasteiger partial charge in [0.15, 0.2) is 0 Å². The van der Waals surface area contributed by atoms with E-state index in [0.717, 1.165) is 51.4 Å². The molecule has 1 unspecified atom stereocenters. The van der Waals surface area contributed by atoms with Crippen LogP contribution in [0.4, 0.5) is 0 Å². The standard InChI is InChI=1S/C29H54O4/c1-3-5-7-9-11-13-15-19-23-27(24-20-17-18-21-25-28(30)31)33-29(32)26-22-16-14-12-10-8-6-4-2/h19,23,27H,3-18,20-22,24-26H2,1-2H3,(H,30,31)/b23-19-. The van der Waals surface area contributed by atoms with Gasteiger partial charge >= 0.3 is 11.9 Å². The fourth-order valence-corrected chi connectivity index (χ4v) is 4.09. The summed E-state index contributed by atoms with van der Waals surface area (Å²) in [4.78, 5) is 23.0. The third-order valence-corrected chi connectivity index (χ3v) is 6.22. The first-order valence-corrected chi connectivity index (χ1v) is 14.2. The Balaban J connectivity index is 4.15. The number of carboxylic acid groups (broad SMARTS) is 1. The number of carbonyl (C=O) groups excluding carboxylic acids is 1. The minimum Gasteiger partial charge on any atom is -0.481 e. The van der Waals surface area contributed by atoms with Gasteiger partial charge in [-0.05, 0) is 44.6 Å². The van der Waals surface area contributed by atoms with Gasteiger partial charge in [-0.2, -0.15) is 0 Å². The van der Waals surface area contributed by atoms with Gasteiger partial charge in [0, 0.05) is 12.8 Å². The fraction of sp³-hybridized carbons (Fsp3) is 0.862. The van der Waals surface area contributed by atoms with Gasteiger partial charge in [0.2, 0.25) is 0 Å².